The van der Waals surface area contributed by atoms with Crippen molar-refractivity contribution >= 4 is 11.7 Å². The summed E-state index contributed by atoms with van der Waals surface area (Å²) in [5.74, 6) is 1.24. The standard InChI is InChI=1S/C26H24N4O3/c27-16-20-13-18(1-2-24(20)33-21-6-11-32-12-7-21)19-5-10-29-25(14-19)30-26(31)23-15-22(23)17-3-8-28-9-4-17/h1-5,8-10,13-14,21-23H,6-7,11-12,15H2,(H,29,30,31)/t22-,23+/m0/s1. The van der Waals surface area contributed by atoms with E-state index in [1.54, 1.807) is 18.6 Å². The Bertz CT molecular complexity index is 1190. The number of rotatable bonds is 6. The number of ether oxygens (including phenoxy) is 2. The second-order valence-corrected chi connectivity index (χ2v) is 8.40. The molecule has 1 aliphatic heterocycles. The van der Waals surface area contributed by atoms with Gasteiger partial charge in [0, 0.05) is 37.4 Å². The molecule has 3 aromatic rings. The van der Waals surface area contributed by atoms with Gasteiger partial charge in [-0.25, -0.2) is 4.98 Å². The molecule has 33 heavy (non-hydrogen) atoms. The second kappa shape index (κ2) is 9.39. The number of pyridine rings is 2. The Kier molecular flexibility index (Phi) is 6.01. The van der Waals surface area contributed by atoms with Gasteiger partial charge in [-0.2, -0.15) is 5.26 Å². The maximum atomic E-state index is 12.7. The van der Waals surface area contributed by atoms with Crippen LogP contribution in [0.25, 0.3) is 11.1 Å². The molecule has 3 heterocycles. The molecule has 2 fully saturated rings. The minimum absolute atomic E-state index is 0.0283. The van der Waals surface area contributed by atoms with Gasteiger partial charge < -0.3 is 14.8 Å². The van der Waals surface area contributed by atoms with E-state index in [2.05, 4.69) is 21.4 Å². The third-order valence-electron chi connectivity index (χ3n) is 6.17. The number of hydrogen-bond acceptors (Lipinski definition) is 6. The van der Waals surface area contributed by atoms with Gasteiger partial charge in [-0.15, -0.1) is 0 Å². The van der Waals surface area contributed by atoms with Gasteiger partial charge in [0.25, 0.3) is 0 Å². The average Bonchev–Trinajstić information content (AvgIpc) is 3.67. The lowest BCUT2D eigenvalue weighted by Gasteiger charge is -2.23. The number of benzene rings is 1. The van der Waals surface area contributed by atoms with E-state index in [9.17, 15) is 10.1 Å². The van der Waals surface area contributed by atoms with E-state index in [4.69, 9.17) is 9.47 Å². The summed E-state index contributed by atoms with van der Waals surface area (Å²) in [6, 6.07) is 15.4. The Morgan fingerprint density at radius 1 is 1.06 bits per heavy atom. The summed E-state index contributed by atoms with van der Waals surface area (Å²) in [5.41, 5.74) is 3.36. The number of hydrogen-bond donors (Lipinski definition) is 1. The molecule has 0 spiro atoms. The first-order chi connectivity index (χ1) is 16.2. The van der Waals surface area contributed by atoms with Crippen molar-refractivity contribution < 1.29 is 14.3 Å². The summed E-state index contributed by atoms with van der Waals surface area (Å²) in [4.78, 5) is 21.0. The van der Waals surface area contributed by atoms with E-state index in [0.717, 1.165) is 36.0 Å². The van der Waals surface area contributed by atoms with Crippen LogP contribution in [0.5, 0.6) is 5.75 Å². The van der Waals surface area contributed by atoms with Crippen molar-refractivity contribution in [1.82, 2.24) is 9.97 Å². The van der Waals surface area contributed by atoms with Crippen LogP contribution in [0.1, 0.15) is 36.3 Å². The predicted octanol–water partition coefficient (Wildman–Crippen LogP) is 4.32. The zero-order valence-electron chi connectivity index (χ0n) is 18.1. The fourth-order valence-electron chi connectivity index (χ4n) is 4.23. The maximum Gasteiger partial charge on any atom is 0.229 e. The molecule has 0 unspecified atom stereocenters. The molecule has 5 rings (SSSR count). The topological polar surface area (TPSA) is 97.1 Å². The lowest BCUT2D eigenvalue weighted by Crippen LogP contribution is -2.26. The Labute approximate surface area is 192 Å². The summed E-state index contributed by atoms with van der Waals surface area (Å²) >= 11 is 0. The van der Waals surface area contributed by atoms with Gasteiger partial charge in [0.1, 0.15) is 23.7 Å². The van der Waals surface area contributed by atoms with Crippen LogP contribution < -0.4 is 10.1 Å². The van der Waals surface area contributed by atoms with Crippen molar-refractivity contribution in [1.29, 1.82) is 5.26 Å². The largest absolute Gasteiger partial charge is 0.489 e. The van der Waals surface area contributed by atoms with Crippen LogP contribution in [-0.4, -0.2) is 35.2 Å². The summed E-state index contributed by atoms with van der Waals surface area (Å²) in [7, 11) is 0. The van der Waals surface area contributed by atoms with Gasteiger partial charge in [0.15, 0.2) is 0 Å². The average molecular weight is 441 g/mol. The number of nitriles is 1. The van der Waals surface area contributed by atoms with Crippen molar-refractivity contribution in [3.8, 4) is 22.9 Å². The molecule has 1 N–H and O–H groups in total. The number of carbonyl (C=O) groups is 1. The number of anilines is 1. The molecule has 0 radical (unpaired) electrons. The van der Waals surface area contributed by atoms with Crippen LogP contribution in [0.2, 0.25) is 0 Å². The van der Waals surface area contributed by atoms with Crippen LogP contribution >= 0.6 is 0 Å². The van der Waals surface area contributed by atoms with E-state index in [1.165, 1.54) is 0 Å². The summed E-state index contributed by atoms with van der Waals surface area (Å²) < 4.78 is 11.4. The molecule has 1 saturated heterocycles. The monoisotopic (exact) mass is 440 g/mol. The number of nitrogens with one attached hydrogen (secondary N) is 1. The first-order valence-electron chi connectivity index (χ1n) is 11.2. The second-order valence-electron chi connectivity index (χ2n) is 8.40. The molecule has 1 aromatic carbocycles. The SMILES string of the molecule is N#Cc1cc(-c2ccnc(NC(=O)[C@@H]3C[C@H]3c3ccncc3)c2)ccc1OC1CCOCC1. The van der Waals surface area contributed by atoms with E-state index in [-0.39, 0.29) is 23.8 Å². The van der Waals surface area contributed by atoms with E-state index < -0.39 is 0 Å². The lowest BCUT2D eigenvalue weighted by atomic mass is 10.0. The zero-order valence-corrected chi connectivity index (χ0v) is 18.1. The Morgan fingerprint density at radius 3 is 2.64 bits per heavy atom. The lowest BCUT2D eigenvalue weighted by molar-refractivity contribution is -0.117. The normalized spacial score (nSPS) is 20.0. The van der Waals surface area contributed by atoms with Crippen LogP contribution in [0, 0.1) is 17.2 Å². The molecule has 7 heteroatoms. The van der Waals surface area contributed by atoms with Crippen molar-refractivity contribution in [2.24, 2.45) is 5.92 Å². The van der Waals surface area contributed by atoms with Gasteiger partial charge in [-0.3, -0.25) is 9.78 Å². The number of amides is 1. The van der Waals surface area contributed by atoms with Gasteiger partial charge in [-0.05, 0) is 65.4 Å². The summed E-state index contributed by atoms with van der Waals surface area (Å²) in [5, 5.41) is 12.6. The zero-order chi connectivity index (χ0) is 22.6. The molecule has 1 aliphatic carbocycles. The highest BCUT2D eigenvalue weighted by Crippen LogP contribution is 2.47. The fourth-order valence-corrected chi connectivity index (χ4v) is 4.23. The Balaban J connectivity index is 1.28. The number of aromatic nitrogens is 2. The quantitative estimate of drug-likeness (QED) is 0.613. The number of carbonyl (C=O) groups excluding carboxylic acids is 1. The fraction of sp³-hybridized carbons (Fsp3) is 0.308. The Morgan fingerprint density at radius 2 is 1.85 bits per heavy atom. The minimum atomic E-state index is -0.0512. The molecule has 2 aliphatic rings. The molecule has 2 aromatic heterocycles. The first kappa shape index (κ1) is 21.1. The van der Waals surface area contributed by atoms with Crippen LogP contribution in [0.4, 0.5) is 5.82 Å². The smallest absolute Gasteiger partial charge is 0.229 e. The third-order valence-corrected chi connectivity index (χ3v) is 6.17. The van der Waals surface area contributed by atoms with E-state index >= 15 is 0 Å². The Hall–Kier alpha value is -3.76. The maximum absolute atomic E-state index is 12.7. The van der Waals surface area contributed by atoms with Gasteiger partial charge in [0.05, 0.1) is 18.8 Å². The molecule has 7 nitrogen and oxygen atoms in total. The highest BCUT2D eigenvalue weighted by Gasteiger charge is 2.44. The minimum Gasteiger partial charge on any atom is -0.489 e. The van der Waals surface area contributed by atoms with Gasteiger partial charge >= 0.3 is 0 Å². The summed E-state index contributed by atoms with van der Waals surface area (Å²) in [6.07, 6.45) is 7.71. The third kappa shape index (κ3) is 4.86. The van der Waals surface area contributed by atoms with Crippen LogP contribution in [0.3, 0.4) is 0 Å². The van der Waals surface area contributed by atoms with Crippen LogP contribution in [0.15, 0.2) is 61.1 Å². The van der Waals surface area contributed by atoms with Crippen molar-refractivity contribution in [3.05, 3.63) is 72.2 Å². The van der Waals surface area contributed by atoms with E-state index in [0.29, 0.717) is 30.3 Å². The molecule has 0 bridgehead atoms. The van der Waals surface area contributed by atoms with Crippen LogP contribution in [-0.2, 0) is 9.53 Å². The van der Waals surface area contributed by atoms with E-state index in [1.807, 2.05) is 42.5 Å². The molecule has 166 valence electrons. The first-order valence-corrected chi connectivity index (χ1v) is 11.2. The molecule has 2 atom stereocenters. The highest BCUT2D eigenvalue weighted by atomic mass is 16.5. The van der Waals surface area contributed by atoms with Crippen molar-refractivity contribution in [3.63, 3.8) is 0 Å². The molecular formula is C26H24N4O3. The summed E-state index contributed by atoms with van der Waals surface area (Å²) in [6.45, 7) is 1.36. The van der Waals surface area contributed by atoms with Gasteiger partial charge in [0.2, 0.25) is 5.91 Å². The van der Waals surface area contributed by atoms with Crippen molar-refractivity contribution in [2.75, 3.05) is 18.5 Å². The van der Waals surface area contributed by atoms with Crippen molar-refractivity contribution in [2.45, 2.75) is 31.3 Å². The molecule has 1 saturated carbocycles. The highest BCUT2D eigenvalue weighted by molar-refractivity contribution is 5.95. The molecule has 1 amide bonds. The predicted molar refractivity (Wildman–Crippen MR) is 123 cm³/mol. The van der Waals surface area contributed by atoms with Gasteiger partial charge in [-0.1, -0.05) is 6.07 Å². The number of nitrogens with zero attached hydrogens (tertiary/aromatic N) is 3. The molecular weight excluding hydrogens is 416 g/mol.